The Morgan fingerprint density at radius 1 is 1.35 bits per heavy atom. The van der Waals surface area contributed by atoms with Gasteiger partial charge in [-0.2, -0.15) is 0 Å². The standard InChI is InChI=1S/C19H31NO2Si/c1-19(2,3)22-18(21)20-16-10-7-11-17(20)14-15(13-16)9-8-12-23(4,5)6/h13,16-17H,7,9-11,14H2,1-6H3. The van der Waals surface area contributed by atoms with Crippen LogP contribution < -0.4 is 0 Å². The zero-order chi connectivity index (χ0) is 17.3. The number of fused-ring (bicyclic) bond motifs is 2. The third-order valence-electron chi connectivity index (χ3n) is 4.10. The summed E-state index contributed by atoms with van der Waals surface area (Å²) in [6.07, 6.45) is 7.25. The Morgan fingerprint density at radius 2 is 2.04 bits per heavy atom. The summed E-state index contributed by atoms with van der Waals surface area (Å²) in [4.78, 5) is 14.5. The Morgan fingerprint density at radius 3 is 2.61 bits per heavy atom. The molecule has 0 spiro atoms. The molecule has 0 radical (unpaired) electrons. The van der Waals surface area contributed by atoms with E-state index >= 15 is 0 Å². The normalized spacial score (nSPS) is 24.4. The van der Waals surface area contributed by atoms with Crippen molar-refractivity contribution in [1.82, 2.24) is 4.90 Å². The van der Waals surface area contributed by atoms with Crippen molar-refractivity contribution < 1.29 is 9.53 Å². The molecule has 2 aliphatic heterocycles. The molecule has 1 amide bonds. The molecule has 3 nitrogen and oxygen atoms in total. The van der Waals surface area contributed by atoms with Crippen molar-refractivity contribution in [2.24, 2.45) is 0 Å². The molecule has 1 fully saturated rings. The molecule has 2 aliphatic rings. The number of carbonyl (C=O) groups is 1. The Kier molecular flexibility index (Phi) is 5.30. The molecule has 0 saturated carbocycles. The first-order chi connectivity index (χ1) is 10.6. The number of hydrogen-bond donors (Lipinski definition) is 0. The number of hydrogen-bond acceptors (Lipinski definition) is 2. The number of amides is 1. The van der Waals surface area contributed by atoms with E-state index in [1.54, 1.807) is 0 Å². The molecule has 2 unspecified atom stereocenters. The molecule has 0 aliphatic carbocycles. The molecule has 2 bridgehead atoms. The second kappa shape index (κ2) is 6.73. The maximum Gasteiger partial charge on any atom is 0.411 e. The highest BCUT2D eigenvalue weighted by Gasteiger charge is 2.38. The van der Waals surface area contributed by atoms with Crippen LogP contribution in [0.15, 0.2) is 11.6 Å². The summed E-state index contributed by atoms with van der Waals surface area (Å²) in [5.41, 5.74) is 4.42. The highest BCUT2D eigenvalue weighted by atomic mass is 28.3. The van der Waals surface area contributed by atoms with Gasteiger partial charge >= 0.3 is 6.09 Å². The van der Waals surface area contributed by atoms with Gasteiger partial charge in [0.2, 0.25) is 0 Å². The van der Waals surface area contributed by atoms with E-state index in [0.717, 1.165) is 25.7 Å². The van der Waals surface area contributed by atoms with Crippen LogP contribution in [0.5, 0.6) is 0 Å². The van der Waals surface area contributed by atoms with E-state index in [-0.39, 0.29) is 18.2 Å². The molecule has 128 valence electrons. The monoisotopic (exact) mass is 333 g/mol. The quantitative estimate of drug-likeness (QED) is 0.394. The van der Waals surface area contributed by atoms with Crippen LogP contribution >= 0.6 is 0 Å². The lowest BCUT2D eigenvalue weighted by molar-refractivity contribution is -0.00146. The molecule has 0 aromatic carbocycles. The van der Waals surface area contributed by atoms with Gasteiger partial charge in [0.05, 0.1) is 6.04 Å². The van der Waals surface area contributed by atoms with Gasteiger partial charge < -0.3 is 4.74 Å². The third-order valence-corrected chi connectivity index (χ3v) is 5.02. The zero-order valence-electron chi connectivity index (χ0n) is 15.5. The molecule has 0 aromatic rings. The number of rotatable bonds is 1. The van der Waals surface area contributed by atoms with E-state index in [2.05, 4.69) is 37.2 Å². The smallest absolute Gasteiger partial charge is 0.411 e. The topological polar surface area (TPSA) is 29.5 Å². The van der Waals surface area contributed by atoms with Crippen molar-refractivity contribution in [1.29, 1.82) is 0 Å². The van der Waals surface area contributed by atoms with Crippen LogP contribution in [0.2, 0.25) is 19.6 Å². The molecule has 1 saturated heterocycles. The van der Waals surface area contributed by atoms with Crippen LogP contribution in [-0.4, -0.2) is 36.8 Å². The van der Waals surface area contributed by atoms with Crippen LogP contribution in [-0.2, 0) is 4.74 Å². The largest absolute Gasteiger partial charge is 0.444 e. The SMILES string of the molecule is CC(C)(C)OC(=O)N1C2C=C(CC#C[Si](C)(C)C)CC1CCC2. The lowest BCUT2D eigenvalue weighted by Gasteiger charge is -2.45. The highest BCUT2D eigenvalue weighted by molar-refractivity contribution is 6.83. The fourth-order valence-electron chi connectivity index (χ4n) is 3.27. The maximum absolute atomic E-state index is 12.5. The lowest BCUT2D eigenvalue weighted by atomic mass is 9.84. The summed E-state index contributed by atoms with van der Waals surface area (Å²) in [7, 11) is -1.30. The van der Waals surface area contributed by atoms with Crippen molar-refractivity contribution in [2.75, 3.05) is 0 Å². The summed E-state index contributed by atoms with van der Waals surface area (Å²) in [5.74, 6) is 3.38. The van der Waals surface area contributed by atoms with Crippen molar-refractivity contribution in [3.8, 4) is 11.5 Å². The number of carbonyl (C=O) groups excluding carboxylic acids is 1. The van der Waals surface area contributed by atoms with E-state index in [9.17, 15) is 4.79 Å². The van der Waals surface area contributed by atoms with Crippen LogP contribution in [0, 0.1) is 11.5 Å². The van der Waals surface area contributed by atoms with Gasteiger partial charge in [0, 0.05) is 12.5 Å². The maximum atomic E-state index is 12.5. The predicted octanol–water partition coefficient (Wildman–Crippen LogP) is 4.75. The molecular formula is C19H31NO2Si. The fraction of sp³-hybridized carbons (Fsp3) is 0.737. The van der Waals surface area contributed by atoms with Gasteiger partial charge in [-0.25, -0.2) is 4.79 Å². The first kappa shape index (κ1) is 18.1. The lowest BCUT2D eigenvalue weighted by Crippen LogP contribution is -2.53. The molecule has 2 rings (SSSR count). The summed E-state index contributed by atoms with van der Waals surface area (Å²) in [6.45, 7) is 12.6. The van der Waals surface area contributed by atoms with Gasteiger partial charge in [-0.3, -0.25) is 4.90 Å². The summed E-state index contributed by atoms with van der Waals surface area (Å²) in [6, 6.07) is 0.485. The minimum absolute atomic E-state index is 0.157. The van der Waals surface area contributed by atoms with Crippen molar-refractivity contribution in [3.05, 3.63) is 11.6 Å². The fourth-order valence-corrected chi connectivity index (χ4v) is 3.89. The molecule has 2 heterocycles. The minimum atomic E-state index is -1.30. The molecular weight excluding hydrogens is 302 g/mol. The van der Waals surface area contributed by atoms with Gasteiger partial charge in [0.15, 0.2) is 0 Å². The van der Waals surface area contributed by atoms with Crippen molar-refractivity contribution in [2.45, 2.75) is 90.2 Å². The number of ether oxygens (including phenoxy) is 1. The summed E-state index contributed by atoms with van der Waals surface area (Å²) < 4.78 is 5.61. The third kappa shape index (κ3) is 5.42. The van der Waals surface area contributed by atoms with Crippen LogP contribution in [0.4, 0.5) is 4.79 Å². The molecule has 4 heteroatoms. The van der Waals surface area contributed by atoms with E-state index < -0.39 is 13.7 Å². The van der Waals surface area contributed by atoms with Crippen LogP contribution in [0.3, 0.4) is 0 Å². The zero-order valence-corrected chi connectivity index (χ0v) is 16.5. The highest BCUT2D eigenvalue weighted by Crippen LogP contribution is 2.35. The van der Waals surface area contributed by atoms with Gasteiger partial charge in [-0.1, -0.05) is 31.3 Å². The Balaban J connectivity index is 2.09. The predicted molar refractivity (Wildman–Crippen MR) is 97.9 cm³/mol. The van der Waals surface area contributed by atoms with Crippen molar-refractivity contribution in [3.63, 3.8) is 0 Å². The Labute approximate surface area is 142 Å². The summed E-state index contributed by atoms with van der Waals surface area (Å²) in [5, 5.41) is 0. The van der Waals surface area contributed by atoms with Gasteiger partial charge in [0.25, 0.3) is 0 Å². The number of piperidine rings is 1. The van der Waals surface area contributed by atoms with Gasteiger partial charge in [-0.15, -0.1) is 11.5 Å². The second-order valence-electron chi connectivity index (χ2n) is 8.80. The molecule has 0 N–H and O–H groups in total. The van der Waals surface area contributed by atoms with E-state index in [1.165, 1.54) is 12.0 Å². The number of nitrogens with zero attached hydrogens (tertiary/aromatic N) is 1. The molecule has 2 atom stereocenters. The van der Waals surface area contributed by atoms with Gasteiger partial charge in [0.1, 0.15) is 13.7 Å². The van der Waals surface area contributed by atoms with E-state index in [4.69, 9.17) is 4.74 Å². The first-order valence-corrected chi connectivity index (χ1v) is 12.3. The second-order valence-corrected chi connectivity index (χ2v) is 13.5. The molecule has 23 heavy (non-hydrogen) atoms. The van der Waals surface area contributed by atoms with Gasteiger partial charge in [-0.05, 0) is 46.5 Å². The van der Waals surface area contributed by atoms with Crippen LogP contribution in [0.1, 0.15) is 52.9 Å². The first-order valence-electron chi connectivity index (χ1n) is 8.76. The average molecular weight is 334 g/mol. The van der Waals surface area contributed by atoms with E-state index in [1.807, 2.05) is 25.7 Å². The minimum Gasteiger partial charge on any atom is -0.444 e. The van der Waals surface area contributed by atoms with Crippen LogP contribution in [0.25, 0.3) is 0 Å². The Bertz CT molecular complexity index is 542. The average Bonchev–Trinajstić information content (AvgIpc) is 2.33. The van der Waals surface area contributed by atoms with E-state index in [0.29, 0.717) is 0 Å². The molecule has 0 aromatic heterocycles. The summed E-state index contributed by atoms with van der Waals surface area (Å²) >= 11 is 0. The Hall–Kier alpha value is -1.21. The van der Waals surface area contributed by atoms with Crippen molar-refractivity contribution >= 4 is 14.2 Å².